The van der Waals surface area contributed by atoms with Gasteiger partial charge in [0.15, 0.2) is 0 Å². The number of rotatable bonds is 8. The maximum absolute atomic E-state index is 11.6. The highest BCUT2D eigenvalue weighted by Crippen LogP contribution is 2.27. The lowest BCUT2D eigenvalue weighted by Gasteiger charge is -2.17. The molecule has 27 heavy (non-hydrogen) atoms. The Bertz CT molecular complexity index is 777. The van der Waals surface area contributed by atoms with Crippen LogP contribution in [-0.4, -0.2) is 13.1 Å². The lowest BCUT2D eigenvalue weighted by molar-refractivity contribution is -0.141. The van der Waals surface area contributed by atoms with Gasteiger partial charge in [0.2, 0.25) is 0 Å². The van der Waals surface area contributed by atoms with E-state index in [1.54, 1.807) is 0 Å². The van der Waals surface area contributed by atoms with Crippen LogP contribution in [0.4, 0.5) is 0 Å². The molecular weight excluding hydrogens is 336 g/mol. The molecule has 2 aromatic rings. The zero-order valence-corrected chi connectivity index (χ0v) is 16.1. The zero-order valence-electron chi connectivity index (χ0n) is 16.1. The van der Waals surface area contributed by atoms with Crippen molar-refractivity contribution in [3.05, 3.63) is 77.4 Å². The topological polar surface area (TPSA) is 35.5 Å². The van der Waals surface area contributed by atoms with Crippen LogP contribution in [-0.2, 0) is 29.0 Å². The summed E-state index contributed by atoms with van der Waals surface area (Å²) in [5.74, 6) is 0.728. The molecular formula is C24H28O3. The number of hydrogen-bond acceptors (Lipinski definition) is 3. The first-order valence-electron chi connectivity index (χ1n) is 9.70. The number of carbonyl (C=O) groups excluding carboxylic acids is 1. The average molecular weight is 364 g/mol. The minimum atomic E-state index is -0.199. The van der Waals surface area contributed by atoms with Gasteiger partial charge < -0.3 is 9.47 Å². The molecule has 1 aliphatic rings. The maximum Gasteiger partial charge on any atom is 0.306 e. The van der Waals surface area contributed by atoms with Crippen LogP contribution in [0.15, 0.2) is 55.1 Å². The lowest BCUT2D eigenvalue weighted by atomic mass is 9.90. The van der Waals surface area contributed by atoms with Gasteiger partial charge in [0.1, 0.15) is 12.4 Å². The van der Waals surface area contributed by atoms with E-state index < -0.39 is 0 Å². The van der Waals surface area contributed by atoms with Gasteiger partial charge in [-0.15, -0.1) is 6.58 Å². The Morgan fingerprint density at radius 2 is 1.85 bits per heavy atom. The minimum absolute atomic E-state index is 0.0876. The summed E-state index contributed by atoms with van der Waals surface area (Å²) < 4.78 is 10.8. The minimum Gasteiger partial charge on any atom is -0.489 e. The van der Waals surface area contributed by atoms with E-state index in [2.05, 4.69) is 24.8 Å². The van der Waals surface area contributed by atoms with Crippen LogP contribution in [0.25, 0.3) is 0 Å². The van der Waals surface area contributed by atoms with Gasteiger partial charge in [0.25, 0.3) is 0 Å². The first kappa shape index (κ1) is 19.2. The number of methoxy groups -OCH3 is 1. The van der Waals surface area contributed by atoms with Gasteiger partial charge in [-0.3, -0.25) is 4.79 Å². The van der Waals surface area contributed by atoms with E-state index in [1.165, 1.54) is 49.5 Å². The largest absolute Gasteiger partial charge is 0.489 e. The molecule has 0 bridgehead atoms. The molecule has 0 fully saturated rings. The summed E-state index contributed by atoms with van der Waals surface area (Å²) >= 11 is 0. The molecule has 0 radical (unpaired) electrons. The Kier molecular flexibility index (Phi) is 6.69. The summed E-state index contributed by atoms with van der Waals surface area (Å²) in [5.41, 5.74) is 5.29. The average Bonchev–Trinajstić information content (AvgIpc) is 2.72. The third kappa shape index (κ3) is 5.22. The van der Waals surface area contributed by atoms with Crippen LogP contribution in [0.3, 0.4) is 0 Å². The fourth-order valence-corrected chi connectivity index (χ4v) is 3.70. The van der Waals surface area contributed by atoms with E-state index in [0.717, 1.165) is 17.7 Å². The number of ether oxygens (including phenoxy) is 2. The van der Waals surface area contributed by atoms with E-state index >= 15 is 0 Å². The normalized spacial score (nSPS) is 14.1. The second-order valence-electron chi connectivity index (χ2n) is 7.17. The molecule has 0 aromatic heterocycles. The molecule has 0 saturated heterocycles. The van der Waals surface area contributed by atoms with E-state index in [4.69, 9.17) is 9.47 Å². The Balaban J connectivity index is 1.61. The number of benzene rings is 2. The van der Waals surface area contributed by atoms with Gasteiger partial charge in [-0.25, -0.2) is 0 Å². The number of allylic oxidation sites excluding steroid dienone is 1. The second-order valence-corrected chi connectivity index (χ2v) is 7.17. The van der Waals surface area contributed by atoms with Crippen LogP contribution >= 0.6 is 0 Å². The molecule has 3 heteroatoms. The highest BCUT2D eigenvalue weighted by atomic mass is 16.5. The van der Waals surface area contributed by atoms with Crippen molar-refractivity contribution in [2.45, 2.75) is 51.0 Å². The Labute approximate surface area is 162 Å². The zero-order chi connectivity index (χ0) is 19.1. The van der Waals surface area contributed by atoms with Crippen molar-refractivity contribution in [3.63, 3.8) is 0 Å². The van der Waals surface area contributed by atoms with Crippen molar-refractivity contribution >= 4 is 5.97 Å². The Hall–Kier alpha value is -2.55. The molecule has 0 saturated carbocycles. The quantitative estimate of drug-likeness (QED) is 0.467. The molecule has 0 N–H and O–H groups in total. The smallest absolute Gasteiger partial charge is 0.306 e. The predicted molar refractivity (Wildman–Crippen MR) is 108 cm³/mol. The number of carbonyl (C=O) groups is 1. The fourth-order valence-electron chi connectivity index (χ4n) is 3.70. The van der Waals surface area contributed by atoms with Crippen molar-refractivity contribution in [2.75, 3.05) is 7.11 Å². The van der Waals surface area contributed by atoms with Gasteiger partial charge in [-0.1, -0.05) is 36.4 Å². The summed E-state index contributed by atoms with van der Waals surface area (Å²) in [6.45, 7) is 4.37. The standard InChI is InChI=1S/C24H28O3/c1-3-6-21(16-24(25)26-2)20-11-13-23(14-12-20)27-17-18-9-10-19-7-4-5-8-22(19)15-18/h3,9-15,21H,1,4-8,16-17H2,2H3/t21-/m1/s1. The van der Waals surface area contributed by atoms with Crippen molar-refractivity contribution in [1.82, 2.24) is 0 Å². The summed E-state index contributed by atoms with van der Waals surface area (Å²) in [7, 11) is 1.42. The third-order valence-electron chi connectivity index (χ3n) is 5.26. The van der Waals surface area contributed by atoms with Crippen molar-refractivity contribution in [1.29, 1.82) is 0 Å². The third-order valence-corrected chi connectivity index (χ3v) is 5.26. The van der Waals surface area contributed by atoms with Crippen molar-refractivity contribution in [3.8, 4) is 5.75 Å². The van der Waals surface area contributed by atoms with E-state index in [1.807, 2.05) is 30.3 Å². The molecule has 3 rings (SSSR count). The van der Waals surface area contributed by atoms with Crippen LogP contribution in [0.2, 0.25) is 0 Å². The predicted octanol–water partition coefficient (Wildman–Crippen LogP) is 5.37. The molecule has 2 aromatic carbocycles. The summed E-state index contributed by atoms with van der Waals surface area (Å²) in [6.07, 6.45) is 7.92. The highest BCUT2D eigenvalue weighted by Gasteiger charge is 2.15. The van der Waals surface area contributed by atoms with Gasteiger partial charge >= 0.3 is 5.97 Å². The molecule has 0 heterocycles. The maximum atomic E-state index is 11.6. The van der Waals surface area contributed by atoms with E-state index in [-0.39, 0.29) is 11.9 Å². The molecule has 1 atom stereocenters. The molecule has 0 unspecified atom stereocenters. The number of fused-ring (bicyclic) bond motifs is 1. The number of esters is 1. The summed E-state index contributed by atoms with van der Waals surface area (Å²) in [5, 5.41) is 0. The first-order valence-corrected chi connectivity index (χ1v) is 9.70. The van der Waals surface area contributed by atoms with E-state index in [9.17, 15) is 4.79 Å². The Morgan fingerprint density at radius 3 is 2.56 bits per heavy atom. The molecule has 142 valence electrons. The Morgan fingerprint density at radius 1 is 1.11 bits per heavy atom. The van der Waals surface area contributed by atoms with Crippen molar-refractivity contribution in [2.24, 2.45) is 0 Å². The first-order chi connectivity index (χ1) is 13.2. The van der Waals surface area contributed by atoms with E-state index in [0.29, 0.717) is 13.0 Å². The molecule has 0 amide bonds. The van der Waals surface area contributed by atoms with Gasteiger partial charge in [-0.2, -0.15) is 0 Å². The highest BCUT2D eigenvalue weighted by molar-refractivity contribution is 5.70. The molecule has 0 spiro atoms. The van der Waals surface area contributed by atoms with Gasteiger partial charge in [0, 0.05) is 0 Å². The van der Waals surface area contributed by atoms with Gasteiger partial charge in [-0.05, 0) is 72.4 Å². The van der Waals surface area contributed by atoms with Gasteiger partial charge in [0.05, 0.1) is 13.5 Å². The SMILES string of the molecule is C=CC[C@H](CC(=O)OC)c1ccc(OCc2ccc3c(c2)CCCC3)cc1. The number of aryl methyl sites for hydroxylation is 2. The van der Waals surface area contributed by atoms with Crippen LogP contribution in [0, 0.1) is 0 Å². The lowest BCUT2D eigenvalue weighted by Crippen LogP contribution is -2.08. The molecule has 3 nitrogen and oxygen atoms in total. The fraction of sp³-hybridized carbons (Fsp3) is 0.375. The molecule has 1 aliphatic carbocycles. The summed E-state index contributed by atoms with van der Waals surface area (Å²) in [6, 6.07) is 14.7. The van der Waals surface area contributed by atoms with Crippen LogP contribution < -0.4 is 4.74 Å². The van der Waals surface area contributed by atoms with Crippen LogP contribution in [0.1, 0.15) is 53.9 Å². The van der Waals surface area contributed by atoms with Crippen molar-refractivity contribution < 1.29 is 14.3 Å². The second kappa shape index (κ2) is 9.40. The summed E-state index contributed by atoms with van der Waals surface area (Å²) in [4.78, 5) is 11.6. The van der Waals surface area contributed by atoms with Crippen LogP contribution in [0.5, 0.6) is 5.75 Å². The molecule has 0 aliphatic heterocycles. The monoisotopic (exact) mass is 364 g/mol. The number of hydrogen-bond donors (Lipinski definition) is 0.